The van der Waals surface area contributed by atoms with Gasteiger partial charge in [-0.25, -0.2) is 4.79 Å². The summed E-state index contributed by atoms with van der Waals surface area (Å²) < 4.78 is 17.4. The van der Waals surface area contributed by atoms with E-state index in [4.69, 9.17) is 14.2 Å². The van der Waals surface area contributed by atoms with Crippen LogP contribution in [-0.2, 0) is 11.3 Å². The van der Waals surface area contributed by atoms with Gasteiger partial charge < -0.3 is 24.5 Å². The van der Waals surface area contributed by atoms with E-state index in [9.17, 15) is 14.4 Å². The summed E-state index contributed by atoms with van der Waals surface area (Å²) in [4.78, 5) is 39.3. The van der Waals surface area contributed by atoms with Gasteiger partial charge >= 0.3 is 5.69 Å². The molecule has 0 radical (unpaired) electrons. The van der Waals surface area contributed by atoms with Crippen molar-refractivity contribution in [1.29, 1.82) is 0 Å². The summed E-state index contributed by atoms with van der Waals surface area (Å²) in [7, 11) is 0. The van der Waals surface area contributed by atoms with Crippen molar-refractivity contribution in [3.63, 3.8) is 0 Å². The number of nitrogens with zero attached hydrogens (tertiary/aromatic N) is 1. The van der Waals surface area contributed by atoms with Crippen LogP contribution in [0.3, 0.4) is 0 Å². The second-order valence-electron chi connectivity index (χ2n) is 6.57. The van der Waals surface area contributed by atoms with Crippen molar-refractivity contribution in [3.8, 4) is 11.5 Å². The maximum Gasteiger partial charge on any atom is 0.328 e. The highest BCUT2D eigenvalue weighted by atomic mass is 16.5. The van der Waals surface area contributed by atoms with Crippen LogP contribution in [0.1, 0.15) is 30.1 Å². The van der Waals surface area contributed by atoms with Gasteiger partial charge in [0.05, 0.1) is 25.8 Å². The van der Waals surface area contributed by atoms with Gasteiger partial charge in [-0.15, -0.1) is 0 Å². The Labute approximate surface area is 167 Å². The molecule has 9 nitrogen and oxygen atoms in total. The lowest BCUT2D eigenvalue weighted by Crippen LogP contribution is -2.43. The molecule has 0 bridgehead atoms. The first-order valence-corrected chi connectivity index (χ1v) is 9.66. The highest BCUT2D eigenvalue weighted by Gasteiger charge is 2.20. The van der Waals surface area contributed by atoms with Gasteiger partial charge in [0.2, 0.25) is 0 Å². The maximum atomic E-state index is 12.5. The van der Waals surface area contributed by atoms with Gasteiger partial charge in [0.25, 0.3) is 11.5 Å². The monoisotopic (exact) mass is 403 g/mol. The molecule has 1 aliphatic rings. The van der Waals surface area contributed by atoms with Gasteiger partial charge in [-0.05, 0) is 44.0 Å². The van der Waals surface area contributed by atoms with E-state index in [2.05, 4.69) is 10.3 Å². The average Bonchev–Trinajstić information content (AvgIpc) is 3.23. The van der Waals surface area contributed by atoms with Crippen LogP contribution in [0.15, 0.2) is 40.1 Å². The van der Waals surface area contributed by atoms with Crippen molar-refractivity contribution in [3.05, 3.63) is 56.9 Å². The number of aromatic amines is 1. The number of aromatic nitrogens is 2. The molecule has 0 spiro atoms. The lowest BCUT2D eigenvalue weighted by molar-refractivity contribution is 0.0919. The number of ether oxygens (including phenoxy) is 3. The zero-order valence-corrected chi connectivity index (χ0v) is 16.3. The number of hydrogen-bond acceptors (Lipinski definition) is 6. The van der Waals surface area contributed by atoms with Crippen LogP contribution in [0, 0.1) is 0 Å². The van der Waals surface area contributed by atoms with E-state index < -0.39 is 17.2 Å². The first kappa shape index (κ1) is 20.7. The maximum absolute atomic E-state index is 12.5. The fraction of sp³-hybridized carbons (Fsp3) is 0.450. The molecular formula is C20H25N3O6. The standard InChI is InChI=1S/C20H25N3O6/c1-2-27-14-5-7-15(8-6-14)29-11-9-21-18(24)17-12-22-20(26)23(19(17)25)13-16-4-3-10-28-16/h5-8,12,16H,2-4,9-11,13H2,1H3,(H,21,24)(H,22,26). The lowest BCUT2D eigenvalue weighted by atomic mass is 10.2. The third kappa shape index (κ3) is 5.47. The van der Waals surface area contributed by atoms with Crippen LogP contribution in [0.4, 0.5) is 0 Å². The first-order valence-electron chi connectivity index (χ1n) is 9.66. The van der Waals surface area contributed by atoms with Gasteiger partial charge in [-0.1, -0.05) is 0 Å². The van der Waals surface area contributed by atoms with E-state index in [1.54, 1.807) is 24.3 Å². The van der Waals surface area contributed by atoms with Crippen LogP contribution in [-0.4, -0.2) is 47.9 Å². The van der Waals surface area contributed by atoms with Crippen LogP contribution < -0.4 is 26.0 Å². The van der Waals surface area contributed by atoms with E-state index in [1.807, 2.05) is 6.92 Å². The molecule has 1 aliphatic heterocycles. The van der Waals surface area contributed by atoms with Gasteiger partial charge in [0.1, 0.15) is 23.7 Å². The highest BCUT2D eigenvalue weighted by Crippen LogP contribution is 2.17. The van der Waals surface area contributed by atoms with Crippen molar-refractivity contribution < 1.29 is 19.0 Å². The summed E-state index contributed by atoms with van der Waals surface area (Å²) in [6.07, 6.45) is 2.63. The van der Waals surface area contributed by atoms with Crippen LogP contribution in [0.2, 0.25) is 0 Å². The Morgan fingerprint density at radius 2 is 1.97 bits per heavy atom. The summed E-state index contributed by atoms with van der Waals surface area (Å²) in [6, 6.07) is 7.15. The fourth-order valence-electron chi connectivity index (χ4n) is 3.06. The van der Waals surface area contributed by atoms with Crippen molar-refractivity contribution in [1.82, 2.24) is 14.9 Å². The normalized spacial score (nSPS) is 15.8. The third-order valence-electron chi connectivity index (χ3n) is 4.51. The minimum absolute atomic E-state index is 0.122. The molecule has 1 saturated heterocycles. The molecule has 1 aromatic heterocycles. The summed E-state index contributed by atoms with van der Waals surface area (Å²) in [5.41, 5.74) is -1.31. The molecule has 2 heterocycles. The SMILES string of the molecule is CCOc1ccc(OCCNC(=O)c2c[nH]c(=O)n(CC3CCCO3)c2=O)cc1. The van der Waals surface area contributed by atoms with Gasteiger partial charge in [0, 0.05) is 12.8 Å². The molecule has 1 aromatic carbocycles. The number of carbonyl (C=O) groups excluding carboxylic acids is 1. The first-order chi connectivity index (χ1) is 14.1. The smallest absolute Gasteiger partial charge is 0.328 e. The largest absolute Gasteiger partial charge is 0.494 e. The summed E-state index contributed by atoms with van der Waals surface area (Å²) in [5.74, 6) is 0.832. The van der Waals surface area contributed by atoms with Gasteiger partial charge in [-0.2, -0.15) is 0 Å². The molecule has 156 valence electrons. The molecule has 2 aromatic rings. The van der Waals surface area contributed by atoms with Crippen LogP contribution in [0.5, 0.6) is 11.5 Å². The molecule has 0 saturated carbocycles. The summed E-state index contributed by atoms with van der Waals surface area (Å²) in [6.45, 7) is 3.69. The fourth-order valence-corrected chi connectivity index (χ4v) is 3.06. The Balaban J connectivity index is 1.53. The van der Waals surface area contributed by atoms with E-state index in [0.717, 1.165) is 29.4 Å². The van der Waals surface area contributed by atoms with Crippen molar-refractivity contribution in [2.45, 2.75) is 32.4 Å². The lowest BCUT2D eigenvalue weighted by Gasteiger charge is -2.12. The molecule has 0 aliphatic carbocycles. The quantitative estimate of drug-likeness (QED) is 0.603. The number of hydrogen-bond donors (Lipinski definition) is 2. The Morgan fingerprint density at radius 3 is 2.62 bits per heavy atom. The minimum Gasteiger partial charge on any atom is -0.494 e. The summed E-state index contributed by atoms with van der Waals surface area (Å²) in [5, 5.41) is 2.63. The number of carbonyl (C=O) groups is 1. The molecule has 9 heteroatoms. The van der Waals surface area contributed by atoms with E-state index >= 15 is 0 Å². The average molecular weight is 403 g/mol. The second-order valence-corrected chi connectivity index (χ2v) is 6.57. The Morgan fingerprint density at radius 1 is 1.24 bits per heavy atom. The minimum atomic E-state index is -0.630. The van der Waals surface area contributed by atoms with Gasteiger partial charge in [-0.3, -0.25) is 14.2 Å². The Bertz CT molecular complexity index is 928. The highest BCUT2D eigenvalue weighted by molar-refractivity contribution is 5.93. The number of amides is 1. The Hall–Kier alpha value is -3.07. The van der Waals surface area contributed by atoms with Crippen LogP contribution in [0.25, 0.3) is 0 Å². The molecule has 29 heavy (non-hydrogen) atoms. The van der Waals surface area contributed by atoms with E-state index in [-0.39, 0.29) is 31.4 Å². The van der Waals surface area contributed by atoms with Crippen LogP contribution >= 0.6 is 0 Å². The topological polar surface area (TPSA) is 112 Å². The van der Waals surface area contributed by atoms with Crippen molar-refractivity contribution in [2.75, 3.05) is 26.4 Å². The van der Waals surface area contributed by atoms with Crippen molar-refractivity contribution >= 4 is 5.91 Å². The number of H-pyrrole nitrogens is 1. The number of nitrogens with one attached hydrogen (secondary N) is 2. The molecular weight excluding hydrogens is 378 g/mol. The molecule has 2 N–H and O–H groups in total. The van der Waals surface area contributed by atoms with Gasteiger partial charge in [0.15, 0.2) is 0 Å². The van der Waals surface area contributed by atoms with E-state index in [1.165, 1.54) is 0 Å². The Kier molecular flexibility index (Phi) is 7.07. The number of benzene rings is 1. The molecule has 3 rings (SSSR count). The van der Waals surface area contributed by atoms with E-state index in [0.29, 0.717) is 19.0 Å². The predicted molar refractivity (Wildman–Crippen MR) is 106 cm³/mol. The van der Waals surface area contributed by atoms with Crippen molar-refractivity contribution in [2.24, 2.45) is 0 Å². The zero-order chi connectivity index (χ0) is 20.6. The summed E-state index contributed by atoms with van der Waals surface area (Å²) >= 11 is 0. The zero-order valence-electron chi connectivity index (χ0n) is 16.3. The molecule has 1 unspecified atom stereocenters. The number of rotatable bonds is 9. The molecule has 1 fully saturated rings. The predicted octanol–water partition coefficient (Wildman–Crippen LogP) is 0.923. The third-order valence-corrected chi connectivity index (χ3v) is 4.51. The molecule has 1 atom stereocenters. The molecule has 1 amide bonds. The second kappa shape index (κ2) is 9.92.